The molecule has 1 aromatic carbocycles. The normalized spacial score (nSPS) is 15.6. The number of rotatable bonds is 2. The van der Waals surface area contributed by atoms with Gasteiger partial charge in [-0.05, 0) is 23.3 Å². The molecule has 0 radical (unpaired) electrons. The molecule has 0 saturated heterocycles. The quantitative estimate of drug-likeness (QED) is 0.573. The molecule has 0 bridgehead atoms. The summed E-state index contributed by atoms with van der Waals surface area (Å²) in [5.41, 5.74) is 9.09. The minimum Gasteiger partial charge on any atom is -0.387 e. The Morgan fingerprint density at radius 1 is 1.43 bits per heavy atom. The van der Waals surface area contributed by atoms with Crippen molar-refractivity contribution >= 4 is 11.5 Å². The maximum Gasteiger partial charge on any atom is 0.0993 e. The van der Waals surface area contributed by atoms with Crippen LogP contribution >= 0.6 is 0 Å². The summed E-state index contributed by atoms with van der Waals surface area (Å²) in [5, 5.41) is 0. The lowest BCUT2D eigenvalue weighted by Gasteiger charge is -2.00. The summed E-state index contributed by atoms with van der Waals surface area (Å²) >= 11 is 0. The van der Waals surface area contributed by atoms with Gasteiger partial charge >= 0.3 is 0 Å². The van der Waals surface area contributed by atoms with Crippen molar-refractivity contribution in [2.24, 2.45) is 10.7 Å². The third-order valence-corrected chi connectivity index (χ3v) is 2.34. The van der Waals surface area contributed by atoms with E-state index in [1.54, 1.807) is 0 Å². The van der Waals surface area contributed by atoms with E-state index < -0.39 is 0 Å². The monoisotopic (exact) mass is 190 g/mol. The molecule has 1 aliphatic rings. The van der Waals surface area contributed by atoms with Crippen LogP contribution in [0.25, 0.3) is 0 Å². The first-order chi connectivity index (χ1) is 6.79. The lowest BCUT2D eigenvalue weighted by atomic mass is 10.1. The number of nitrogens with two attached hydrogens (primary N) is 1. The van der Waals surface area contributed by atoms with Crippen LogP contribution < -0.4 is 5.73 Å². The van der Waals surface area contributed by atoms with Crippen LogP contribution in [0.2, 0.25) is 0 Å². The van der Waals surface area contributed by atoms with Gasteiger partial charge in [0.1, 0.15) is 0 Å². The second-order valence-electron chi connectivity index (χ2n) is 3.40. The van der Waals surface area contributed by atoms with Crippen molar-refractivity contribution < 1.29 is 4.74 Å². The fourth-order valence-electron chi connectivity index (χ4n) is 1.47. The molecule has 2 N–H and O–H groups in total. The maximum absolute atomic E-state index is 5.67. The summed E-state index contributed by atoms with van der Waals surface area (Å²) in [6.45, 7) is 3.42. The summed E-state index contributed by atoms with van der Waals surface area (Å²) in [6.07, 6.45) is 0.785. The van der Waals surface area contributed by atoms with E-state index in [1.165, 1.54) is 11.1 Å². The van der Waals surface area contributed by atoms with E-state index in [0.717, 1.165) is 18.7 Å². The smallest absolute Gasteiger partial charge is 0.0993 e. The van der Waals surface area contributed by atoms with Gasteiger partial charge in [-0.2, -0.15) is 0 Å². The Morgan fingerprint density at radius 3 is 3.00 bits per heavy atom. The molecule has 14 heavy (non-hydrogen) atoms. The van der Waals surface area contributed by atoms with Gasteiger partial charge in [0, 0.05) is 6.42 Å². The van der Waals surface area contributed by atoms with Gasteiger partial charge in [0.05, 0.1) is 24.7 Å². The predicted molar refractivity (Wildman–Crippen MR) is 56.5 cm³/mol. The van der Waals surface area contributed by atoms with E-state index in [-0.39, 0.29) is 0 Å². The van der Waals surface area contributed by atoms with Gasteiger partial charge in [0.25, 0.3) is 0 Å². The molecule has 3 heteroatoms. The van der Waals surface area contributed by atoms with Crippen molar-refractivity contribution in [3.05, 3.63) is 29.3 Å². The summed E-state index contributed by atoms with van der Waals surface area (Å²) < 4.78 is 5.32. The van der Waals surface area contributed by atoms with Crippen LogP contribution in [0.15, 0.2) is 23.2 Å². The van der Waals surface area contributed by atoms with Crippen LogP contribution in [-0.4, -0.2) is 5.84 Å². The van der Waals surface area contributed by atoms with Crippen molar-refractivity contribution in [3.8, 4) is 0 Å². The van der Waals surface area contributed by atoms with E-state index in [2.05, 4.69) is 11.1 Å². The zero-order valence-corrected chi connectivity index (χ0v) is 8.29. The molecule has 2 rings (SSSR count). The summed E-state index contributed by atoms with van der Waals surface area (Å²) in [6, 6.07) is 6.09. The van der Waals surface area contributed by atoms with Crippen LogP contribution in [0, 0.1) is 0 Å². The number of aliphatic imine (C=N–C) groups is 1. The summed E-state index contributed by atoms with van der Waals surface area (Å²) in [7, 11) is 0. The van der Waals surface area contributed by atoms with E-state index >= 15 is 0 Å². The van der Waals surface area contributed by atoms with E-state index in [1.807, 2.05) is 19.1 Å². The molecule has 1 aliphatic heterocycles. The van der Waals surface area contributed by atoms with Crippen LogP contribution in [0.1, 0.15) is 24.5 Å². The highest BCUT2D eigenvalue weighted by atomic mass is 16.5. The molecule has 1 aromatic rings. The first kappa shape index (κ1) is 9.21. The van der Waals surface area contributed by atoms with Gasteiger partial charge in [-0.3, -0.25) is 0 Å². The molecule has 0 amide bonds. The molecule has 74 valence electrons. The Hall–Kier alpha value is -1.35. The van der Waals surface area contributed by atoms with Gasteiger partial charge in [-0.15, -0.1) is 0 Å². The molecule has 0 fully saturated rings. The number of hydrogen-bond acceptors (Lipinski definition) is 2. The van der Waals surface area contributed by atoms with Gasteiger partial charge in [0.15, 0.2) is 0 Å². The molecule has 0 unspecified atom stereocenters. The molecule has 0 aliphatic carbocycles. The molecular weight excluding hydrogens is 176 g/mol. The molecule has 0 aromatic heterocycles. The standard InChI is InChI=1S/C11H14N2O/c1-2-11(12)13-10-4-3-8-6-14-7-9(8)5-10/h3-5H,2,6-7H2,1H3,(H2,12,13). The van der Waals surface area contributed by atoms with Crippen molar-refractivity contribution in [3.63, 3.8) is 0 Å². The Morgan fingerprint density at radius 2 is 2.21 bits per heavy atom. The summed E-state index contributed by atoms with van der Waals surface area (Å²) in [5.74, 6) is 0.670. The fraction of sp³-hybridized carbons (Fsp3) is 0.364. The second-order valence-corrected chi connectivity index (χ2v) is 3.40. The van der Waals surface area contributed by atoms with Crippen LogP contribution in [0.5, 0.6) is 0 Å². The van der Waals surface area contributed by atoms with Gasteiger partial charge in [-0.1, -0.05) is 13.0 Å². The Bertz CT molecular complexity index is 372. The lowest BCUT2D eigenvalue weighted by Crippen LogP contribution is -2.08. The second kappa shape index (κ2) is 3.80. The molecule has 3 nitrogen and oxygen atoms in total. The molecule has 0 atom stereocenters. The van der Waals surface area contributed by atoms with Crippen molar-refractivity contribution in [2.45, 2.75) is 26.6 Å². The topological polar surface area (TPSA) is 47.6 Å². The van der Waals surface area contributed by atoms with Crippen LogP contribution in [0.3, 0.4) is 0 Å². The van der Waals surface area contributed by atoms with Gasteiger partial charge in [-0.25, -0.2) is 4.99 Å². The Balaban J connectivity index is 2.29. The number of nitrogens with zero attached hydrogens (tertiary/aromatic N) is 1. The van der Waals surface area contributed by atoms with E-state index in [0.29, 0.717) is 12.4 Å². The number of ether oxygens (including phenoxy) is 1. The number of amidine groups is 1. The largest absolute Gasteiger partial charge is 0.387 e. The average molecular weight is 190 g/mol. The van der Waals surface area contributed by atoms with E-state index in [9.17, 15) is 0 Å². The number of fused-ring (bicyclic) bond motifs is 1. The molecule has 0 saturated carbocycles. The minimum atomic E-state index is 0.670. The van der Waals surface area contributed by atoms with E-state index in [4.69, 9.17) is 10.5 Å². The predicted octanol–water partition coefficient (Wildman–Crippen LogP) is 2.12. The Labute approximate surface area is 83.6 Å². The zero-order valence-electron chi connectivity index (χ0n) is 8.29. The maximum atomic E-state index is 5.67. The van der Waals surface area contributed by atoms with Crippen molar-refractivity contribution in [1.82, 2.24) is 0 Å². The minimum absolute atomic E-state index is 0.670. The highest BCUT2D eigenvalue weighted by Gasteiger charge is 2.10. The highest BCUT2D eigenvalue weighted by molar-refractivity contribution is 5.82. The van der Waals surface area contributed by atoms with Gasteiger partial charge in [0.2, 0.25) is 0 Å². The summed E-state index contributed by atoms with van der Waals surface area (Å²) in [4.78, 5) is 4.29. The first-order valence-electron chi connectivity index (χ1n) is 4.82. The van der Waals surface area contributed by atoms with Crippen LogP contribution in [0.4, 0.5) is 5.69 Å². The van der Waals surface area contributed by atoms with Gasteiger partial charge < -0.3 is 10.5 Å². The average Bonchev–Trinajstić information content (AvgIpc) is 2.64. The molecule has 0 spiro atoms. The zero-order chi connectivity index (χ0) is 9.97. The third kappa shape index (κ3) is 1.77. The van der Waals surface area contributed by atoms with Crippen molar-refractivity contribution in [2.75, 3.05) is 0 Å². The lowest BCUT2D eigenvalue weighted by molar-refractivity contribution is 0.134. The molecule has 1 heterocycles. The fourth-order valence-corrected chi connectivity index (χ4v) is 1.47. The highest BCUT2D eigenvalue weighted by Crippen LogP contribution is 2.24. The molecular formula is C11H14N2O. The third-order valence-electron chi connectivity index (χ3n) is 2.34. The number of hydrogen-bond donors (Lipinski definition) is 1. The Kier molecular flexibility index (Phi) is 2.50. The van der Waals surface area contributed by atoms with Crippen LogP contribution in [-0.2, 0) is 18.0 Å². The first-order valence-corrected chi connectivity index (χ1v) is 4.82. The number of benzene rings is 1. The van der Waals surface area contributed by atoms with Crippen molar-refractivity contribution in [1.29, 1.82) is 0 Å². The SMILES string of the molecule is CCC(N)=Nc1ccc2c(c1)COC2.